The summed E-state index contributed by atoms with van der Waals surface area (Å²) in [4.78, 5) is 25.8. The summed E-state index contributed by atoms with van der Waals surface area (Å²) in [5.41, 5.74) is 7.57. The average molecular weight is 369 g/mol. The van der Waals surface area contributed by atoms with Gasteiger partial charge in [-0.15, -0.1) is 0 Å². The van der Waals surface area contributed by atoms with Crippen molar-refractivity contribution < 1.29 is 19.1 Å². The zero-order valence-corrected chi connectivity index (χ0v) is 15.0. The number of nitrogens with two attached hydrogens (primary N) is 1. The Morgan fingerprint density at radius 1 is 1.15 bits per heavy atom. The Hall–Kier alpha value is -3.06. The number of cyclic esters (lactones) is 1. The van der Waals surface area contributed by atoms with Crippen LogP contribution >= 0.6 is 0 Å². The fourth-order valence-electron chi connectivity index (χ4n) is 2.79. The molecule has 1 aliphatic rings. The van der Waals surface area contributed by atoms with Crippen LogP contribution in [0.1, 0.15) is 11.1 Å². The third-order valence-corrected chi connectivity index (χ3v) is 4.35. The van der Waals surface area contributed by atoms with E-state index in [9.17, 15) is 9.59 Å². The normalized spacial score (nSPS) is 16.1. The monoisotopic (exact) mass is 369 g/mol. The van der Waals surface area contributed by atoms with Crippen molar-refractivity contribution in [2.24, 2.45) is 5.73 Å². The first-order chi connectivity index (χ1) is 13.2. The topological polar surface area (TPSA) is 93.9 Å². The third-order valence-electron chi connectivity index (χ3n) is 4.35. The van der Waals surface area contributed by atoms with Gasteiger partial charge in [0.25, 0.3) is 0 Å². The van der Waals surface area contributed by atoms with Gasteiger partial charge < -0.3 is 20.5 Å². The number of benzene rings is 2. The maximum atomic E-state index is 12.5. The molecule has 2 aromatic rings. The molecule has 0 saturated carbocycles. The van der Waals surface area contributed by atoms with E-state index in [1.807, 2.05) is 54.6 Å². The molecule has 3 N–H and O–H groups in total. The van der Waals surface area contributed by atoms with E-state index in [0.29, 0.717) is 18.8 Å². The molecule has 1 aliphatic heterocycles. The number of carbonyl (C=O) groups is 2. The van der Waals surface area contributed by atoms with E-state index in [-0.39, 0.29) is 25.7 Å². The number of nitrogens with zero attached hydrogens (tertiary/aromatic N) is 1. The van der Waals surface area contributed by atoms with Crippen LogP contribution < -0.4 is 15.8 Å². The second-order valence-electron chi connectivity index (χ2n) is 6.19. The van der Waals surface area contributed by atoms with E-state index in [2.05, 4.69) is 5.32 Å². The van der Waals surface area contributed by atoms with Gasteiger partial charge in [0, 0.05) is 13.1 Å². The Labute approximate surface area is 158 Å². The SMILES string of the molecule is NCc1ccc(CNC(=O)[C@@H]2COC(=O)N2CCOc2ccccc2)cc1. The maximum absolute atomic E-state index is 12.5. The molecule has 0 spiro atoms. The number of rotatable bonds is 8. The van der Waals surface area contributed by atoms with Crippen LogP contribution in [-0.4, -0.2) is 42.7 Å². The third kappa shape index (κ3) is 4.98. The lowest BCUT2D eigenvalue weighted by molar-refractivity contribution is -0.125. The molecule has 0 unspecified atom stereocenters. The average Bonchev–Trinajstić information content (AvgIpc) is 3.08. The fourth-order valence-corrected chi connectivity index (χ4v) is 2.79. The van der Waals surface area contributed by atoms with Crippen molar-refractivity contribution in [1.82, 2.24) is 10.2 Å². The molecular formula is C20H23N3O4. The van der Waals surface area contributed by atoms with Crippen molar-refractivity contribution in [3.8, 4) is 5.75 Å². The zero-order chi connectivity index (χ0) is 19.1. The predicted octanol–water partition coefficient (Wildman–Crippen LogP) is 1.66. The van der Waals surface area contributed by atoms with Gasteiger partial charge >= 0.3 is 6.09 Å². The quantitative estimate of drug-likeness (QED) is 0.738. The molecular weight excluding hydrogens is 346 g/mol. The molecule has 1 saturated heterocycles. The molecule has 1 heterocycles. The summed E-state index contributed by atoms with van der Waals surface area (Å²) in [7, 11) is 0. The van der Waals surface area contributed by atoms with E-state index in [1.165, 1.54) is 4.90 Å². The van der Waals surface area contributed by atoms with Gasteiger partial charge in [-0.1, -0.05) is 42.5 Å². The lowest BCUT2D eigenvalue weighted by Crippen LogP contribution is -2.46. The maximum Gasteiger partial charge on any atom is 0.410 e. The summed E-state index contributed by atoms with van der Waals surface area (Å²) < 4.78 is 10.6. The molecule has 7 heteroatoms. The van der Waals surface area contributed by atoms with Gasteiger partial charge in [0.1, 0.15) is 25.0 Å². The molecule has 0 bridgehead atoms. The number of nitrogens with one attached hydrogen (secondary N) is 1. The first kappa shape index (κ1) is 18.7. The molecule has 142 valence electrons. The largest absolute Gasteiger partial charge is 0.492 e. The van der Waals surface area contributed by atoms with Gasteiger partial charge in [0.05, 0.1) is 6.54 Å². The first-order valence-corrected chi connectivity index (χ1v) is 8.84. The predicted molar refractivity (Wildman–Crippen MR) is 100.0 cm³/mol. The lowest BCUT2D eigenvalue weighted by Gasteiger charge is -2.21. The molecule has 1 atom stereocenters. The fraction of sp³-hybridized carbons (Fsp3) is 0.300. The van der Waals surface area contributed by atoms with Crippen molar-refractivity contribution >= 4 is 12.0 Å². The number of hydrogen-bond acceptors (Lipinski definition) is 5. The minimum atomic E-state index is -0.653. The summed E-state index contributed by atoms with van der Waals surface area (Å²) in [6, 6.07) is 16.4. The molecule has 1 fully saturated rings. The van der Waals surface area contributed by atoms with Crippen LogP contribution in [0.25, 0.3) is 0 Å². The highest BCUT2D eigenvalue weighted by Crippen LogP contribution is 2.14. The standard InChI is InChI=1S/C20H23N3O4/c21-12-15-6-8-16(9-7-15)13-22-19(24)18-14-27-20(25)23(18)10-11-26-17-4-2-1-3-5-17/h1-9,18H,10-14,21H2,(H,22,24)/t18-/m0/s1. The Morgan fingerprint density at radius 2 is 1.85 bits per heavy atom. The minimum Gasteiger partial charge on any atom is -0.492 e. The molecule has 0 aliphatic carbocycles. The molecule has 3 rings (SSSR count). The molecule has 2 amide bonds. The number of carbonyl (C=O) groups excluding carboxylic acids is 2. The van der Waals surface area contributed by atoms with Gasteiger partial charge in [0.2, 0.25) is 5.91 Å². The highest BCUT2D eigenvalue weighted by molar-refractivity contribution is 5.87. The van der Waals surface area contributed by atoms with Crippen molar-refractivity contribution in [2.75, 3.05) is 19.8 Å². The molecule has 2 aromatic carbocycles. The van der Waals surface area contributed by atoms with Gasteiger partial charge in [-0.2, -0.15) is 0 Å². The summed E-state index contributed by atoms with van der Waals surface area (Å²) >= 11 is 0. The van der Waals surface area contributed by atoms with Crippen molar-refractivity contribution in [2.45, 2.75) is 19.1 Å². The molecule has 27 heavy (non-hydrogen) atoms. The van der Waals surface area contributed by atoms with Crippen molar-refractivity contribution in [1.29, 1.82) is 0 Å². The number of ether oxygens (including phenoxy) is 2. The zero-order valence-electron chi connectivity index (χ0n) is 15.0. The Balaban J connectivity index is 1.50. The number of amides is 2. The van der Waals surface area contributed by atoms with Gasteiger partial charge in [-0.3, -0.25) is 9.69 Å². The summed E-state index contributed by atoms with van der Waals surface area (Å²) in [5.74, 6) is 0.468. The van der Waals surface area contributed by atoms with E-state index in [0.717, 1.165) is 11.1 Å². The van der Waals surface area contributed by atoms with Crippen LogP contribution in [0, 0.1) is 0 Å². The van der Waals surface area contributed by atoms with E-state index in [1.54, 1.807) is 0 Å². The molecule has 0 aromatic heterocycles. The van der Waals surface area contributed by atoms with Crippen molar-refractivity contribution in [3.63, 3.8) is 0 Å². The molecule has 7 nitrogen and oxygen atoms in total. The Bertz CT molecular complexity index is 765. The smallest absolute Gasteiger partial charge is 0.410 e. The summed E-state index contributed by atoms with van der Waals surface area (Å²) in [5, 5.41) is 2.85. The van der Waals surface area contributed by atoms with Crippen LogP contribution in [0.3, 0.4) is 0 Å². The number of hydrogen-bond donors (Lipinski definition) is 2. The van der Waals surface area contributed by atoms with E-state index in [4.69, 9.17) is 15.2 Å². The van der Waals surface area contributed by atoms with Crippen LogP contribution in [-0.2, 0) is 22.6 Å². The lowest BCUT2D eigenvalue weighted by atomic mass is 10.1. The molecule has 0 radical (unpaired) electrons. The second kappa shape index (κ2) is 9.05. The highest BCUT2D eigenvalue weighted by Gasteiger charge is 2.37. The highest BCUT2D eigenvalue weighted by atomic mass is 16.6. The minimum absolute atomic E-state index is 0.0438. The first-order valence-electron chi connectivity index (χ1n) is 8.84. The van der Waals surface area contributed by atoms with Crippen molar-refractivity contribution in [3.05, 3.63) is 65.7 Å². The number of para-hydroxylation sites is 1. The van der Waals surface area contributed by atoms with Crippen LogP contribution in [0.5, 0.6) is 5.75 Å². The van der Waals surface area contributed by atoms with Crippen LogP contribution in [0.15, 0.2) is 54.6 Å². The van der Waals surface area contributed by atoms with Gasteiger partial charge in [-0.05, 0) is 23.3 Å². The Morgan fingerprint density at radius 3 is 2.56 bits per heavy atom. The Kier molecular flexibility index (Phi) is 6.27. The van der Waals surface area contributed by atoms with E-state index >= 15 is 0 Å². The van der Waals surface area contributed by atoms with Crippen LogP contribution in [0.4, 0.5) is 4.79 Å². The van der Waals surface area contributed by atoms with Gasteiger partial charge in [0.15, 0.2) is 0 Å². The summed E-state index contributed by atoms with van der Waals surface area (Å²) in [6.07, 6.45) is -0.501. The second-order valence-corrected chi connectivity index (χ2v) is 6.19. The summed E-state index contributed by atoms with van der Waals surface area (Å²) in [6.45, 7) is 1.46. The van der Waals surface area contributed by atoms with Crippen LogP contribution in [0.2, 0.25) is 0 Å². The van der Waals surface area contributed by atoms with Gasteiger partial charge in [-0.25, -0.2) is 4.79 Å². The van der Waals surface area contributed by atoms with E-state index < -0.39 is 12.1 Å².